The molecule has 112 valence electrons. The lowest BCUT2D eigenvalue weighted by molar-refractivity contribution is -0.137. The molecule has 0 aromatic heterocycles. The third-order valence-electron chi connectivity index (χ3n) is 3.40. The minimum atomic E-state index is -4.29. The average molecular weight is 293 g/mol. The van der Waals surface area contributed by atoms with Crippen LogP contribution in [0.4, 0.5) is 13.2 Å². The molecule has 2 rings (SSSR count). The molecule has 2 aromatic rings. The quantitative estimate of drug-likeness (QED) is 0.852. The fourth-order valence-electron chi connectivity index (χ4n) is 2.27. The largest absolute Gasteiger partial charge is 0.416 e. The molecule has 2 aromatic carbocycles. The molecule has 0 unspecified atom stereocenters. The molecule has 0 saturated heterocycles. The number of halogens is 3. The van der Waals surface area contributed by atoms with Gasteiger partial charge in [-0.25, -0.2) is 0 Å². The molecule has 0 aliphatic carbocycles. The van der Waals surface area contributed by atoms with Gasteiger partial charge in [0.05, 0.1) is 5.56 Å². The van der Waals surface area contributed by atoms with Crippen LogP contribution in [0.1, 0.15) is 29.2 Å². The third kappa shape index (κ3) is 4.33. The molecule has 0 radical (unpaired) electrons. The zero-order valence-electron chi connectivity index (χ0n) is 11.9. The van der Waals surface area contributed by atoms with Crippen molar-refractivity contribution in [1.29, 1.82) is 0 Å². The number of alkyl halides is 3. The second-order valence-corrected chi connectivity index (χ2v) is 4.92. The fourth-order valence-corrected chi connectivity index (χ4v) is 2.27. The van der Waals surface area contributed by atoms with Gasteiger partial charge in [0.25, 0.3) is 0 Å². The lowest BCUT2D eigenvalue weighted by atomic mass is 10.1. The van der Waals surface area contributed by atoms with Crippen LogP contribution in [-0.2, 0) is 25.7 Å². The van der Waals surface area contributed by atoms with Crippen molar-refractivity contribution >= 4 is 0 Å². The summed E-state index contributed by atoms with van der Waals surface area (Å²) in [5.41, 5.74) is 2.48. The van der Waals surface area contributed by atoms with Crippen LogP contribution in [0, 0.1) is 0 Å². The van der Waals surface area contributed by atoms with E-state index in [1.807, 2.05) is 18.2 Å². The molecule has 0 saturated carbocycles. The Hall–Kier alpha value is -1.81. The molecular weight excluding hydrogens is 275 g/mol. The van der Waals surface area contributed by atoms with E-state index in [0.29, 0.717) is 18.7 Å². The van der Waals surface area contributed by atoms with E-state index in [9.17, 15) is 13.2 Å². The Morgan fingerprint density at radius 3 is 2.29 bits per heavy atom. The molecule has 0 aliphatic rings. The fraction of sp³-hybridized carbons (Fsp3) is 0.294. The first-order chi connectivity index (χ1) is 10.0. The smallest absolute Gasteiger partial charge is 0.309 e. The van der Waals surface area contributed by atoms with Gasteiger partial charge in [-0.1, -0.05) is 49.4 Å². The van der Waals surface area contributed by atoms with Crippen LogP contribution in [0.5, 0.6) is 0 Å². The van der Waals surface area contributed by atoms with Gasteiger partial charge >= 0.3 is 6.18 Å². The van der Waals surface area contributed by atoms with Crippen LogP contribution in [0.15, 0.2) is 48.5 Å². The first-order valence-corrected chi connectivity index (χ1v) is 6.94. The van der Waals surface area contributed by atoms with E-state index >= 15 is 0 Å². The maximum absolute atomic E-state index is 12.6. The minimum Gasteiger partial charge on any atom is -0.309 e. The Kier molecular flexibility index (Phi) is 5.02. The second kappa shape index (κ2) is 6.76. The van der Waals surface area contributed by atoms with Crippen molar-refractivity contribution in [3.8, 4) is 0 Å². The number of hydrogen-bond donors (Lipinski definition) is 1. The van der Waals surface area contributed by atoms with Crippen molar-refractivity contribution in [2.24, 2.45) is 0 Å². The third-order valence-corrected chi connectivity index (χ3v) is 3.40. The van der Waals surface area contributed by atoms with E-state index < -0.39 is 11.7 Å². The maximum atomic E-state index is 12.6. The molecule has 0 amide bonds. The highest BCUT2D eigenvalue weighted by Gasteiger charge is 2.30. The van der Waals surface area contributed by atoms with Crippen molar-refractivity contribution < 1.29 is 13.2 Å². The van der Waals surface area contributed by atoms with Gasteiger partial charge < -0.3 is 5.32 Å². The standard InChI is InChI=1S/C17H18F3N/c1-2-14-7-3-4-8-15(14)12-21-11-13-6-5-9-16(10-13)17(18,19)20/h3-10,21H,2,11-12H2,1H3. The molecule has 0 aliphatic heterocycles. The summed E-state index contributed by atoms with van der Waals surface area (Å²) in [6.45, 7) is 3.16. The Morgan fingerprint density at radius 2 is 1.62 bits per heavy atom. The van der Waals surface area contributed by atoms with E-state index in [4.69, 9.17) is 0 Å². The Morgan fingerprint density at radius 1 is 0.905 bits per heavy atom. The highest BCUT2D eigenvalue weighted by atomic mass is 19.4. The predicted octanol–water partition coefficient (Wildman–Crippen LogP) is 4.56. The van der Waals surface area contributed by atoms with Crippen LogP contribution in [0.2, 0.25) is 0 Å². The van der Waals surface area contributed by atoms with Crippen LogP contribution in [0.25, 0.3) is 0 Å². The van der Waals surface area contributed by atoms with Crippen molar-refractivity contribution in [2.45, 2.75) is 32.6 Å². The first kappa shape index (κ1) is 15.6. The molecular formula is C17H18F3N. The number of benzene rings is 2. The van der Waals surface area contributed by atoms with Gasteiger partial charge in [-0.05, 0) is 29.2 Å². The SMILES string of the molecule is CCc1ccccc1CNCc1cccc(C(F)(F)F)c1. The Bertz CT molecular complexity index is 591. The number of hydrogen-bond acceptors (Lipinski definition) is 1. The zero-order chi connectivity index (χ0) is 15.3. The van der Waals surface area contributed by atoms with Crippen molar-refractivity contribution in [3.05, 3.63) is 70.8 Å². The Balaban J connectivity index is 1.98. The number of rotatable bonds is 5. The maximum Gasteiger partial charge on any atom is 0.416 e. The van der Waals surface area contributed by atoms with E-state index in [-0.39, 0.29) is 0 Å². The summed E-state index contributed by atoms with van der Waals surface area (Å²) in [6, 6.07) is 13.5. The molecule has 1 N–H and O–H groups in total. The highest BCUT2D eigenvalue weighted by molar-refractivity contribution is 5.28. The highest BCUT2D eigenvalue weighted by Crippen LogP contribution is 2.29. The number of nitrogens with one attached hydrogen (secondary N) is 1. The van der Waals surface area contributed by atoms with Crippen LogP contribution >= 0.6 is 0 Å². The summed E-state index contributed by atoms with van der Waals surface area (Å²) in [4.78, 5) is 0. The first-order valence-electron chi connectivity index (χ1n) is 6.94. The molecule has 4 heteroatoms. The molecule has 0 heterocycles. The lowest BCUT2D eigenvalue weighted by Gasteiger charge is -2.11. The van der Waals surface area contributed by atoms with Crippen LogP contribution in [0.3, 0.4) is 0 Å². The van der Waals surface area contributed by atoms with Crippen LogP contribution < -0.4 is 5.32 Å². The molecule has 21 heavy (non-hydrogen) atoms. The van der Waals surface area contributed by atoms with Crippen molar-refractivity contribution in [3.63, 3.8) is 0 Å². The van der Waals surface area contributed by atoms with E-state index in [1.54, 1.807) is 6.07 Å². The normalized spacial score (nSPS) is 11.6. The van der Waals surface area contributed by atoms with E-state index in [1.165, 1.54) is 23.3 Å². The number of aryl methyl sites for hydroxylation is 1. The summed E-state index contributed by atoms with van der Waals surface area (Å²) in [6.07, 6.45) is -3.34. The topological polar surface area (TPSA) is 12.0 Å². The van der Waals surface area contributed by atoms with Gasteiger partial charge in [0.1, 0.15) is 0 Å². The van der Waals surface area contributed by atoms with Crippen molar-refractivity contribution in [1.82, 2.24) is 5.32 Å². The molecule has 0 fully saturated rings. The molecule has 0 bridgehead atoms. The Labute approximate surface area is 122 Å². The van der Waals surface area contributed by atoms with Gasteiger partial charge in [0.2, 0.25) is 0 Å². The predicted molar refractivity (Wildman–Crippen MR) is 77.8 cm³/mol. The molecule has 0 spiro atoms. The molecule has 0 atom stereocenters. The summed E-state index contributed by atoms with van der Waals surface area (Å²) in [7, 11) is 0. The summed E-state index contributed by atoms with van der Waals surface area (Å²) < 4.78 is 37.9. The van der Waals surface area contributed by atoms with Gasteiger partial charge in [-0.15, -0.1) is 0 Å². The monoisotopic (exact) mass is 293 g/mol. The van der Waals surface area contributed by atoms with E-state index in [0.717, 1.165) is 12.5 Å². The minimum absolute atomic E-state index is 0.419. The summed E-state index contributed by atoms with van der Waals surface area (Å²) >= 11 is 0. The zero-order valence-corrected chi connectivity index (χ0v) is 11.9. The van der Waals surface area contributed by atoms with E-state index in [2.05, 4.69) is 18.3 Å². The van der Waals surface area contributed by atoms with Gasteiger partial charge in [0, 0.05) is 13.1 Å². The lowest BCUT2D eigenvalue weighted by Crippen LogP contribution is -2.14. The van der Waals surface area contributed by atoms with Gasteiger partial charge in [-0.2, -0.15) is 13.2 Å². The molecule has 1 nitrogen and oxygen atoms in total. The summed E-state index contributed by atoms with van der Waals surface area (Å²) in [5, 5.41) is 3.20. The second-order valence-electron chi connectivity index (χ2n) is 4.92. The van der Waals surface area contributed by atoms with Gasteiger partial charge in [-0.3, -0.25) is 0 Å². The van der Waals surface area contributed by atoms with Crippen LogP contribution in [-0.4, -0.2) is 0 Å². The van der Waals surface area contributed by atoms with Gasteiger partial charge in [0.15, 0.2) is 0 Å². The summed E-state index contributed by atoms with van der Waals surface area (Å²) in [5.74, 6) is 0. The average Bonchev–Trinajstić information content (AvgIpc) is 2.47. The van der Waals surface area contributed by atoms with Crippen molar-refractivity contribution in [2.75, 3.05) is 0 Å².